The molecule has 0 amide bonds. The van der Waals surface area contributed by atoms with Gasteiger partial charge in [-0.1, -0.05) is 18.2 Å². The largest absolute Gasteiger partial charge is 0.366 e. The van der Waals surface area contributed by atoms with Gasteiger partial charge in [0.25, 0.3) is 0 Å². The Balaban J connectivity index is 1.87. The van der Waals surface area contributed by atoms with Crippen LogP contribution >= 0.6 is 0 Å². The molecule has 20 heavy (non-hydrogen) atoms. The van der Waals surface area contributed by atoms with Gasteiger partial charge in [-0.15, -0.1) is 0 Å². The van der Waals surface area contributed by atoms with Crippen LogP contribution in [-0.4, -0.2) is 14.8 Å². The van der Waals surface area contributed by atoms with Gasteiger partial charge in [0.15, 0.2) is 0 Å². The number of nitrogens with zero attached hydrogens (tertiary/aromatic N) is 3. The minimum atomic E-state index is 0.742. The van der Waals surface area contributed by atoms with Crippen molar-refractivity contribution in [1.29, 1.82) is 0 Å². The van der Waals surface area contributed by atoms with Gasteiger partial charge in [0.05, 0.1) is 11.2 Å². The zero-order valence-electron chi connectivity index (χ0n) is 12.0. The molecule has 0 aliphatic carbocycles. The van der Waals surface area contributed by atoms with E-state index >= 15 is 0 Å². The van der Waals surface area contributed by atoms with E-state index in [0.29, 0.717) is 0 Å². The molecule has 2 heterocycles. The van der Waals surface area contributed by atoms with Crippen molar-refractivity contribution < 1.29 is 0 Å². The van der Waals surface area contributed by atoms with E-state index < -0.39 is 0 Å². The van der Waals surface area contributed by atoms with Gasteiger partial charge in [0.1, 0.15) is 5.82 Å². The lowest BCUT2D eigenvalue weighted by Gasteiger charge is -2.09. The third kappa shape index (κ3) is 2.37. The van der Waals surface area contributed by atoms with Gasteiger partial charge in [-0.2, -0.15) is 5.10 Å². The van der Waals surface area contributed by atoms with Gasteiger partial charge < -0.3 is 5.32 Å². The maximum Gasteiger partial charge on any atom is 0.129 e. The normalized spacial score (nSPS) is 10.9. The van der Waals surface area contributed by atoms with Crippen LogP contribution in [0.3, 0.4) is 0 Å². The van der Waals surface area contributed by atoms with Crippen LogP contribution in [0.15, 0.2) is 36.5 Å². The van der Waals surface area contributed by atoms with E-state index in [-0.39, 0.29) is 0 Å². The van der Waals surface area contributed by atoms with E-state index in [1.54, 1.807) is 0 Å². The second kappa shape index (κ2) is 4.96. The fraction of sp³-hybridized carbons (Fsp3) is 0.250. The molecule has 4 heteroatoms. The van der Waals surface area contributed by atoms with Gasteiger partial charge >= 0.3 is 0 Å². The van der Waals surface area contributed by atoms with Crippen LogP contribution in [0, 0.1) is 13.8 Å². The van der Waals surface area contributed by atoms with Crippen molar-refractivity contribution in [1.82, 2.24) is 14.8 Å². The summed E-state index contributed by atoms with van der Waals surface area (Å²) in [6.07, 6.45) is 2.04. The van der Waals surface area contributed by atoms with Crippen molar-refractivity contribution in [2.45, 2.75) is 20.4 Å². The molecule has 4 nitrogen and oxygen atoms in total. The van der Waals surface area contributed by atoms with Crippen molar-refractivity contribution in [2.24, 2.45) is 7.05 Å². The Morgan fingerprint density at radius 1 is 1.20 bits per heavy atom. The third-order valence-electron chi connectivity index (χ3n) is 3.48. The summed E-state index contributed by atoms with van der Waals surface area (Å²) in [5.74, 6) is 0.937. The van der Waals surface area contributed by atoms with Gasteiger partial charge in [-0.05, 0) is 31.5 Å². The molecule has 3 rings (SSSR count). The fourth-order valence-corrected chi connectivity index (χ4v) is 2.40. The van der Waals surface area contributed by atoms with E-state index in [9.17, 15) is 0 Å². The number of aryl methyl sites for hydroxylation is 3. The van der Waals surface area contributed by atoms with Gasteiger partial charge in [-0.3, -0.25) is 4.68 Å². The van der Waals surface area contributed by atoms with Crippen molar-refractivity contribution in [2.75, 3.05) is 5.32 Å². The summed E-state index contributed by atoms with van der Waals surface area (Å²) in [4.78, 5) is 4.69. The summed E-state index contributed by atoms with van der Waals surface area (Å²) in [5, 5.41) is 8.94. The maximum atomic E-state index is 4.69. The number of benzene rings is 1. The quantitative estimate of drug-likeness (QED) is 0.791. The van der Waals surface area contributed by atoms with Gasteiger partial charge in [0, 0.05) is 30.7 Å². The van der Waals surface area contributed by atoms with Crippen molar-refractivity contribution in [3.63, 3.8) is 0 Å². The van der Waals surface area contributed by atoms with Crippen LogP contribution in [-0.2, 0) is 13.6 Å². The first-order valence-corrected chi connectivity index (χ1v) is 6.73. The number of pyridine rings is 1. The van der Waals surface area contributed by atoms with Crippen LogP contribution in [0.2, 0.25) is 0 Å². The molecule has 0 radical (unpaired) electrons. The first kappa shape index (κ1) is 12.7. The summed E-state index contributed by atoms with van der Waals surface area (Å²) in [6, 6.07) is 10.3. The molecule has 0 spiro atoms. The van der Waals surface area contributed by atoms with E-state index in [1.165, 1.54) is 10.9 Å². The predicted molar refractivity (Wildman–Crippen MR) is 81.8 cm³/mol. The Kier molecular flexibility index (Phi) is 3.14. The Morgan fingerprint density at radius 3 is 2.75 bits per heavy atom. The Hall–Kier alpha value is -2.36. The number of rotatable bonds is 3. The molecule has 0 aliphatic rings. The minimum absolute atomic E-state index is 0.742. The molecule has 102 valence electrons. The Labute approximate surface area is 118 Å². The summed E-state index contributed by atoms with van der Waals surface area (Å²) in [7, 11) is 1.94. The highest BCUT2D eigenvalue weighted by Gasteiger charge is 2.06. The summed E-state index contributed by atoms with van der Waals surface area (Å²) in [6.45, 7) is 4.85. The average molecular weight is 266 g/mol. The average Bonchev–Trinajstić information content (AvgIpc) is 2.74. The van der Waals surface area contributed by atoms with Gasteiger partial charge in [0.2, 0.25) is 0 Å². The lowest BCUT2D eigenvalue weighted by molar-refractivity contribution is 0.756. The molecule has 1 N–H and O–H groups in total. The van der Waals surface area contributed by atoms with Crippen molar-refractivity contribution in [3.8, 4) is 0 Å². The smallest absolute Gasteiger partial charge is 0.129 e. The molecule has 0 saturated carbocycles. The van der Waals surface area contributed by atoms with Crippen LogP contribution < -0.4 is 5.32 Å². The number of para-hydroxylation sites is 1. The molecule has 0 aliphatic heterocycles. The number of anilines is 1. The van der Waals surface area contributed by atoms with E-state index in [2.05, 4.69) is 34.5 Å². The topological polar surface area (TPSA) is 42.7 Å². The number of fused-ring (bicyclic) bond motifs is 1. The van der Waals surface area contributed by atoms with Crippen LogP contribution in [0.4, 0.5) is 5.82 Å². The van der Waals surface area contributed by atoms with E-state index in [1.807, 2.05) is 43.0 Å². The summed E-state index contributed by atoms with van der Waals surface area (Å²) >= 11 is 0. The molecule has 3 aromatic rings. The molecule has 0 bridgehead atoms. The highest BCUT2D eigenvalue weighted by Crippen LogP contribution is 2.20. The number of hydrogen-bond donors (Lipinski definition) is 1. The fourth-order valence-electron chi connectivity index (χ4n) is 2.40. The third-order valence-corrected chi connectivity index (χ3v) is 3.48. The molecule has 0 unspecified atom stereocenters. The van der Waals surface area contributed by atoms with E-state index in [4.69, 9.17) is 0 Å². The molecule has 1 aromatic carbocycles. The molecular formula is C16H18N4. The number of aromatic nitrogens is 3. The number of hydrogen-bond acceptors (Lipinski definition) is 3. The molecular weight excluding hydrogens is 248 g/mol. The van der Waals surface area contributed by atoms with Gasteiger partial charge in [-0.25, -0.2) is 4.98 Å². The van der Waals surface area contributed by atoms with Crippen LogP contribution in [0.5, 0.6) is 0 Å². The SMILES string of the molecule is Cc1cc2ccccc2nc1NCc1cn(C)nc1C. The maximum absolute atomic E-state index is 4.69. The predicted octanol–water partition coefficient (Wildman–Crippen LogP) is 3.20. The lowest BCUT2D eigenvalue weighted by atomic mass is 10.1. The molecule has 0 atom stereocenters. The number of nitrogens with one attached hydrogen (secondary N) is 1. The minimum Gasteiger partial charge on any atom is -0.366 e. The van der Waals surface area contributed by atoms with E-state index in [0.717, 1.165) is 29.1 Å². The van der Waals surface area contributed by atoms with Crippen molar-refractivity contribution in [3.05, 3.63) is 53.3 Å². The second-order valence-electron chi connectivity index (χ2n) is 5.11. The van der Waals surface area contributed by atoms with Crippen LogP contribution in [0.25, 0.3) is 10.9 Å². The first-order valence-electron chi connectivity index (χ1n) is 6.73. The van der Waals surface area contributed by atoms with Crippen LogP contribution in [0.1, 0.15) is 16.8 Å². The zero-order valence-corrected chi connectivity index (χ0v) is 12.0. The Morgan fingerprint density at radius 2 is 2.00 bits per heavy atom. The monoisotopic (exact) mass is 266 g/mol. The second-order valence-corrected chi connectivity index (χ2v) is 5.11. The lowest BCUT2D eigenvalue weighted by Crippen LogP contribution is -2.03. The standard InChI is InChI=1S/C16H18N4/c1-11-8-13-6-4-5-7-15(13)18-16(11)17-9-14-10-20(3)19-12(14)2/h4-8,10H,9H2,1-3H3,(H,17,18). The molecule has 2 aromatic heterocycles. The Bertz CT molecular complexity index is 758. The highest BCUT2D eigenvalue weighted by molar-refractivity contribution is 5.81. The highest BCUT2D eigenvalue weighted by atomic mass is 15.3. The molecule has 0 fully saturated rings. The zero-order chi connectivity index (χ0) is 14.1. The summed E-state index contributed by atoms with van der Waals surface area (Å²) in [5.41, 5.74) is 4.43. The molecule has 0 saturated heterocycles. The summed E-state index contributed by atoms with van der Waals surface area (Å²) < 4.78 is 1.84. The first-order chi connectivity index (χ1) is 9.63. The van der Waals surface area contributed by atoms with Crippen molar-refractivity contribution >= 4 is 16.7 Å².